The van der Waals surface area contributed by atoms with E-state index in [0.717, 1.165) is 17.9 Å². The second-order valence-electron chi connectivity index (χ2n) is 9.10. The van der Waals surface area contributed by atoms with Crippen molar-refractivity contribution in [3.8, 4) is 5.75 Å². The number of fused-ring (bicyclic) bond motifs is 3. The molecule has 1 aliphatic carbocycles. The van der Waals surface area contributed by atoms with E-state index in [2.05, 4.69) is 11.0 Å². The van der Waals surface area contributed by atoms with Gasteiger partial charge in [-0.15, -0.1) is 0 Å². The Balaban J connectivity index is 1.34. The first kappa shape index (κ1) is 19.2. The molecule has 3 heterocycles. The molecule has 29 heavy (non-hydrogen) atoms. The lowest BCUT2D eigenvalue weighted by molar-refractivity contribution is -0.187. The van der Waals surface area contributed by atoms with Crippen LogP contribution in [0.4, 0.5) is 13.2 Å². The van der Waals surface area contributed by atoms with Crippen LogP contribution in [0.1, 0.15) is 37.3 Å². The van der Waals surface area contributed by atoms with Gasteiger partial charge in [0.1, 0.15) is 5.75 Å². The smallest absolute Gasteiger partial charge is 0.391 e. The van der Waals surface area contributed by atoms with E-state index in [1.807, 2.05) is 18.2 Å². The van der Waals surface area contributed by atoms with Crippen LogP contribution in [0.15, 0.2) is 24.3 Å². The third-order valence-electron chi connectivity index (χ3n) is 7.19. The van der Waals surface area contributed by atoms with Crippen LogP contribution in [0.3, 0.4) is 0 Å². The summed E-state index contributed by atoms with van der Waals surface area (Å²) in [7, 11) is 0. The van der Waals surface area contributed by atoms with Gasteiger partial charge in [0.25, 0.3) is 0 Å². The number of likely N-dealkylation sites (tertiary alicyclic amines) is 2. The molecule has 3 fully saturated rings. The lowest BCUT2D eigenvalue weighted by Crippen LogP contribution is -2.46. The largest absolute Gasteiger partial charge is 0.493 e. The van der Waals surface area contributed by atoms with Gasteiger partial charge in [-0.2, -0.15) is 13.2 Å². The first-order chi connectivity index (χ1) is 13.9. The molecule has 1 aromatic rings. The fourth-order valence-electron chi connectivity index (χ4n) is 5.41. The molecule has 5 rings (SSSR count). The Kier molecular flexibility index (Phi) is 4.76. The Morgan fingerprint density at radius 3 is 2.52 bits per heavy atom. The van der Waals surface area contributed by atoms with Gasteiger partial charge in [-0.05, 0) is 37.7 Å². The minimum Gasteiger partial charge on any atom is -0.493 e. The van der Waals surface area contributed by atoms with Crippen molar-refractivity contribution in [3.05, 3.63) is 29.8 Å². The zero-order valence-electron chi connectivity index (χ0n) is 16.4. The van der Waals surface area contributed by atoms with E-state index >= 15 is 0 Å². The summed E-state index contributed by atoms with van der Waals surface area (Å²) < 4.78 is 44.9. The second-order valence-corrected chi connectivity index (χ2v) is 9.10. The molecular formula is C22H27F3N2O2. The Morgan fingerprint density at radius 2 is 1.83 bits per heavy atom. The van der Waals surface area contributed by atoms with Crippen LogP contribution >= 0.6 is 0 Å². The standard InChI is InChI=1S/C22H27F3N2O2/c23-22(24,25)15-7-9-26(10-8-15)21(28)17-12-27(11-14-5-6-14)20-16-3-1-2-4-19(16)29-13-18(17)20/h1-4,14-15,17-18,20H,5-13H2/t17-,18+,20+/m1/s1. The van der Waals surface area contributed by atoms with Crippen molar-refractivity contribution in [2.45, 2.75) is 37.9 Å². The Labute approximate surface area is 169 Å². The number of hydrogen-bond acceptors (Lipinski definition) is 3. The molecule has 1 aromatic carbocycles. The summed E-state index contributed by atoms with van der Waals surface area (Å²) in [6, 6.07) is 8.22. The van der Waals surface area contributed by atoms with Crippen LogP contribution < -0.4 is 4.74 Å². The number of ether oxygens (including phenoxy) is 1. The summed E-state index contributed by atoms with van der Waals surface area (Å²) in [5.41, 5.74) is 1.15. The van der Waals surface area contributed by atoms with Crippen molar-refractivity contribution < 1.29 is 22.7 Å². The SMILES string of the molecule is O=C([C@@H]1CN(CC2CC2)[C@H]2c3ccccc3OC[C@@H]12)N1CCC(C(F)(F)F)CC1. The zero-order chi connectivity index (χ0) is 20.2. The first-order valence-electron chi connectivity index (χ1n) is 10.7. The second kappa shape index (κ2) is 7.18. The van der Waals surface area contributed by atoms with Gasteiger partial charge in [0.05, 0.1) is 18.4 Å². The minimum absolute atomic E-state index is 0.0151. The van der Waals surface area contributed by atoms with Gasteiger partial charge in [0, 0.05) is 43.7 Å². The van der Waals surface area contributed by atoms with Crippen molar-refractivity contribution in [2.75, 3.05) is 32.8 Å². The molecule has 0 aromatic heterocycles. The van der Waals surface area contributed by atoms with Gasteiger partial charge in [0.15, 0.2) is 0 Å². The van der Waals surface area contributed by atoms with Gasteiger partial charge >= 0.3 is 6.18 Å². The predicted molar refractivity (Wildman–Crippen MR) is 101 cm³/mol. The highest BCUT2D eigenvalue weighted by molar-refractivity contribution is 5.80. The number of nitrogens with zero attached hydrogens (tertiary/aromatic N) is 2. The number of benzene rings is 1. The lowest BCUT2D eigenvalue weighted by atomic mass is 9.84. The van der Waals surface area contributed by atoms with Gasteiger partial charge in [-0.3, -0.25) is 9.69 Å². The topological polar surface area (TPSA) is 32.8 Å². The monoisotopic (exact) mass is 408 g/mol. The van der Waals surface area contributed by atoms with Crippen LogP contribution in [0, 0.1) is 23.7 Å². The van der Waals surface area contributed by atoms with E-state index in [4.69, 9.17) is 4.74 Å². The highest BCUT2D eigenvalue weighted by atomic mass is 19.4. The van der Waals surface area contributed by atoms with Crippen LogP contribution in [0.2, 0.25) is 0 Å². The highest BCUT2D eigenvalue weighted by Gasteiger charge is 2.51. The van der Waals surface area contributed by atoms with Crippen molar-refractivity contribution in [1.82, 2.24) is 9.80 Å². The normalized spacial score (nSPS) is 30.6. The number of alkyl halides is 3. The summed E-state index contributed by atoms with van der Waals surface area (Å²) in [6.45, 7) is 2.59. The molecule has 158 valence electrons. The van der Waals surface area contributed by atoms with Gasteiger partial charge in [-0.25, -0.2) is 0 Å². The molecule has 0 spiro atoms. The Hall–Kier alpha value is -1.76. The zero-order valence-corrected chi connectivity index (χ0v) is 16.4. The quantitative estimate of drug-likeness (QED) is 0.761. The molecule has 1 saturated carbocycles. The average Bonchev–Trinajstić information content (AvgIpc) is 3.46. The number of piperidine rings is 1. The molecule has 0 N–H and O–H groups in total. The third kappa shape index (κ3) is 3.62. The average molecular weight is 408 g/mol. The predicted octanol–water partition coefficient (Wildman–Crippen LogP) is 3.88. The maximum absolute atomic E-state index is 13.3. The van der Waals surface area contributed by atoms with Crippen LogP contribution in [-0.2, 0) is 4.79 Å². The third-order valence-corrected chi connectivity index (χ3v) is 7.19. The number of carbonyl (C=O) groups is 1. The fraction of sp³-hybridized carbons (Fsp3) is 0.682. The van der Waals surface area contributed by atoms with E-state index in [-0.39, 0.29) is 49.7 Å². The maximum atomic E-state index is 13.3. The summed E-state index contributed by atoms with van der Waals surface area (Å²) in [4.78, 5) is 17.4. The van der Waals surface area contributed by atoms with Crippen molar-refractivity contribution in [3.63, 3.8) is 0 Å². The summed E-state index contributed by atoms with van der Waals surface area (Å²) in [5.74, 6) is 0.211. The number of hydrogen-bond donors (Lipinski definition) is 0. The van der Waals surface area contributed by atoms with Crippen molar-refractivity contribution in [1.29, 1.82) is 0 Å². The molecule has 4 nitrogen and oxygen atoms in total. The molecule has 1 amide bonds. The van der Waals surface area contributed by atoms with E-state index < -0.39 is 12.1 Å². The Bertz CT molecular complexity index is 772. The molecule has 2 saturated heterocycles. The number of amides is 1. The van der Waals surface area contributed by atoms with Crippen LogP contribution in [0.5, 0.6) is 5.75 Å². The molecule has 4 aliphatic rings. The number of halogens is 3. The molecule has 0 radical (unpaired) electrons. The molecule has 7 heteroatoms. The van der Waals surface area contributed by atoms with E-state index in [0.29, 0.717) is 19.1 Å². The number of carbonyl (C=O) groups excluding carboxylic acids is 1. The van der Waals surface area contributed by atoms with Gasteiger partial charge in [-0.1, -0.05) is 18.2 Å². The first-order valence-corrected chi connectivity index (χ1v) is 10.7. The van der Waals surface area contributed by atoms with Gasteiger partial charge < -0.3 is 9.64 Å². The fourth-order valence-corrected chi connectivity index (χ4v) is 5.41. The Morgan fingerprint density at radius 1 is 1.10 bits per heavy atom. The van der Waals surface area contributed by atoms with Crippen molar-refractivity contribution >= 4 is 5.91 Å². The molecule has 0 bridgehead atoms. The number of rotatable bonds is 3. The summed E-state index contributed by atoms with van der Waals surface area (Å²) in [6.07, 6.45) is -1.64. The number of para-hydroxylation sites is 1. The maximum Gasteiger partial charge on any atom is 0.391 e. The summed E-state index contributed by atoms with van der Waals surface area (Å²) >= 11 is 0. The minimum atomic E-state index is -4.16. The van der Waals surface area contributed by atoms with E-state index in [1.54, 1.807) is 4.90 Å². The highest BCUT2D eigenvalue weighted by Crippen LogP contribution is 2.49. The molecule has 3 atom stereocenters. The van der Waals surface area contributed by atoms with Gasteiger partial charge in [0.2, 0.25) is 5.91 Å². The van der Waals surface area contributed by atoms with E-state index in [1.165, 1.54) is 12.8 Å². The molecule has 3 aliphatic heterocycles. The van der Waals surface area contributed by atoms with E-state index in [9.17, 15) is 18.0 Å². The lowest BCUT2D eigenvalue weighted by Gasteiger charge is -2.37. The van der Waals surface area contributed by atoms with Crippen LogP contribution in [0.25, 0.3) is 0 Å². The summed E-state index contributed by atoms with van der Waals surface area (Å²) in [5, 5.41) is 0. The van der Waals surface area contributed by atoms with Crippen molar-refractivity contribution in [2.24, 2.45) is 23.7 Å². The molecule has 0 unspecified atom stereocenters. The molecular weight excluding hydrogens is 381 g/mol. The van der Waals surface area contributed by atoms with Crippen LogP contribution in [-0.4, -0.2) is 54.7 Å².